The van der Waals surface area contributed by atoms with E-state index in [0.717, 1.165) is 5.56 Å². The van der Waals surface area contributed by atoms with E-state index in [1.165, 1.54) is 0 Å². The highest BCUT2D eigenvalue weighted by Gasteiger charge is 2.15. The molecule has 20 heavy (non-hydrogen) atoms. The largest absolute Gasteiger partial charge is 0.316 e. The summed E-state index contributed by atoms with van der Waals surface area (Å²) in [6.07, 6.45) is 1.60. The van der Waals surface area contributed by atoms with Crippen molar-refractivity contribution in [3.8, 4) is 0 Å². The van der Waals surface area contributed by atoms with E-state index in [9.17, 15) is 9.59 Å². The molecule has 1 aromatic carbocycles. The van der Waals surface area contributed by atoms with Gasteiger partial charge in [0.05, 0.1) is 10.7 Å². The standard InChI is InChI=1S/C14H12ClN3O2/c1-9-6-7-12(16-8-9)18-14(20)13(19)17-11-5-3-2-4-10(11)15/h2-8H,1H3,(H,17,19)(H,16,18,20). The maximum Gasteiger partial charge on any atom is 0.315 e. The molecule has 2 amide bonds. The SMILES string of the molecule is Cc1ccc(NC(=O)C(=O)Nc2ccccc2Cl)nc1. The lowest BCUT2D eigenvalue weighted by Crippen LogP contribution is -2.29. The van der Waals surface area contributed by atoms with Crippen molar-refractivity contribution in [1.82, 2.24) is 4.98 Å². The molecule has 0 saturated carbocycles. The van der Waals surface area contributed by atoms with Gasteiger partial charge in [-0.15, -0.1) is 0 Å². The van der Waals surface area contributed by atoms with Crippen molar-refractivity contribution in [1.29, 1.82) is 0 Å². The van der Waals surface area contributed by atoms with Crippen LogP contribution >= 0.6 is 11.6 Å². The highest BCUT2D eigenvalue weighted by Crippen LogP contribution is 2.20. The fourth-order valence-corrected chi connectivity index (χ4v) is 1.64. The first kappa shape index (κ1) is 14.0. The van der Waals surface area contributed by atoms with Gasteiger partial charge in [0, 0.05) is 6.20 Å². The Morgan fingerprint density at radius 3 is 2.40 bits per heavy atom. The lowest BCUT2D eigenvalue weighted by Gasteiger charge is -2.07. The van der Waals surface area contributed by atoms with E-state index in [-0.39, 0.29) is 0 Å². The summed E-state index contributed by atoms with van der Waals surface area (Å²) < 4.78 is 0. The first-order chi connectivity index (χ1) is 9.56. The molecule has 0 spiro atoms. The topological polar surface area (TPSA) is 71.1 Å². The first-order valence-corrected chi connectivity index (χ1v) is 6.23. The summed E-state index contributed by atoms with van der Waals surface area (Å²) in [6.45, 7) is 1.88. The van der Waals surface area contributed by atoms with Gasteiger partial charge < -0.3 is 10.6 Å². The highest BCUT2D eigenvalue weighted by atomic mass is 35.5. The number of pyridine rings is 1. The number of nitrogens with zero attached hydrogens (tertiary/aromatic N) is 1. The molecule has 2 N–H and O–H groups in total. The Labute approximate surface area is 121 Å². The number of aromatic nitrogens is 1. The van der Waals surface area contributed by atoms with Crippen molar-refractivity contribution in [2.24, 2.45) is 0 Å². The third kappa shape index (κ3) is 3.55. The Kier molecular flexibility index (Phi) is 4.32. The minimum Gasteiger partial charge on any atom is -0.316 e. The minimum absolute atomic E-state index is 0.315. The van der Waals surface area contributed by atoms with Crippen LogP contribution in [0, 0.1) is 6.92 Å². The molecular formula is C14H12ClN3O2. The molecule has 0 aliphatic carbocycles. The molecule has 0 bridgehead atoms. The van der Waals surface area contributed by atoms with Gasteiger partial charge in [-0.1, -0.05) is 29.8 Å². The predicted octanol–water partition coefficient (Wildman–Crippen LogP) is 2.62. The summed E-state index contributed by atoms with van der Waals surface area (Å²) in [4.78, 5) is 27.4. The lowest BCUT2D eigenvalue weighted by atomic mass is 10.3. The Bertz CT molecular complexity index is 641. The second kappa shape index (κ2) is 6.16. The maximum atomic E-state index is 11.7. The van der Waals surface area contributed by atoms with Gasteiger partial charge in [0.1, 0.15) is 5.82 Å². The third-order valence-electron chi connectivity index (χ3n) is 2.48. The van der Waals surface area contributed by atoms with Crippen LogP contribution in [0.2, 0.25) is 5.02 Å². The average molecular weight is 290 g/mol. The molecule has 0 saturated heterocycles. The highest BCUT2D eigenvalue weighted by molar-refractivity contribution is 6.44. The van der Waals surface area contributed by atoms with Crippen molar-refractivity contribution in [2.45, 2.75) is 6.92 Å². The van der Waals surface area contributed by atoms with Crippen LogP contribution in [0.3, 0.4) is 0 Å². The molecule has 0 atom stereocenters. The zero-order valence-electron chi connectivity index (χ0n) is 10.7. The van der Waals surface area contributed by atoms with Gasteiger partial charge in [-0.05, 0) is 30.7 Å². The van der Waals surface area contributed by atoms with Crippen LogP contribution in [0.25, 0.3) is 0 Å². The van der Waals surface area contributed by atoms with Gasteiger partial charge >= 0.3 is 11.8 Å². The van der Waals surface area contributed by atoms with E-state index in [2.05, 4.69) is 15.6 Å². The van der Waals surface area contributed by atoms with Crippen LogP contribution < -0.4 is 10.6 Å². The zero-order chi connectivity index (χ0) is 14.5. The maximum absolute atomic E-state index is 11.7. The summed E-state index contributed by atoms with van der Waals surface area (Å²) in [5.74, 6) is -1.29. The molecule has 0 aliphatic rings. The van der Waals surface area contributed by atoms with Crippen molar-refractivity contribution in [2.75, 3.05) is 10.6 Å². The Morgan fingerprint density at radius 1 is 1.05 bits per heavy atom. The number of carbonyl (C=O) groups excluding carboxylic acids is 2. The number of hydrogen-bond donors (Lipinski definition) is 2. The van der Waals surface area contributed by atoms with Crippen molar-refractivity contribution in [3.63, 3.8) is 0 Å². The Morgan fingerprint density at radius 2 is 1.75 bits per heavy atom. The van der Waals surface area contributed by atoms with E-state index < -0.39 is 11.8 Å². The molecule has 0 fully saturated rings. The van der Waals surface area contributed by atoms with Crippen LogP contribution in [0.15, 0.2) is 42.6 Å². The van der Waals surface area contributed by atoms with Gasteiger partial charge in [0.25, 0.3) is 0 Å². The normalized spacial score (nSPS) is 9.90. The van der Waals surface area contributed by atoms with Crippen molar-refractivity contribution >= 4 is 34.9 Å². The van der Waals surface area contributed by atoms with Gasteiger partial charge in [0.2, 0.25) is 0 Å². The lowest BCUT2D eigenvalue weighted by molar-refractivity contribution is -0.133. The van der Waals surface area contributed by atoms with Gasteiger partial charge in [-0.3, -0.25) is 9.59 Å². The number of amides is 2. The molecule has 2 rings (SSSR count). The van der Waals surface area contributed by atoms with Crippen LogP contribution in [-0.2, 0) is 9.59 Å². The smallest absolute Gasteiger partial charge is 0.315 e. The molecule has 102 valence electrons. The molecule has 2 aromatic rings. The van der Waals surface area contributed by atoms with E-state index in [0.29, 0.717) is 16.5 Å². The second-order valence-corrected chi connectivity index (χ2v) is 4.52. The summed E-state index contributed by atoms with van der Waals surface area (Å²) in [5, 5.41) is 5.20. The zero-order valence-corrected chi connectivity index (χ0v) is 11.4. The van der Waals surface area contributed by atoms with Crippen LogP contribution in [-0.4, -0.2) is 16.8 Å². The number of para-hydroxylation sites is 1. The van der Waals surface area contributed by atoms with Crippen LogP contribution in [0.1, 0.15) is 5.56 Å². The fraction of sp³-hybridized carbons (Fsp3) is 0.0714. The molecule has 6 heteroatoms. The number of halogens is 1. The molecule has 1 aromatic heterocycles. The molecule has 1 heterocycles. The first-order valence-electron chi connectivity index (χ1n) is 5.86. The monoisotopic (exact) mass is 289 g/mol. The van der Waals surface area contributed by atoms with E-state index in [1.807, 2.05) is 6.92 Å². The van der Waals surface area contributed by atoms with Gasteiger partial charge in [-0.2, -0.15) is 0 Å². The number of hydrogen-bond acceptors (Lipinski definition) is 3. The Balaban J connectivity index is 2.01. The number of aryl methyl sites for hydroxylation is 1. The van der Waals surface area contributed by atoms with E-state index in [1.54, 1.807) is 42.6 Å². The van der Waals surface area contributed by atoms with Crippen LogP contribution in [0.5, 0.6) is 0 Å². The molecule has 0 radical (unpaired) electrons. The van der Waals surface area contributed by atoms with E-state index in [4.69, 9.17) is 11.6 Å². The second-order valence-electron chi connectivity index (χ2n) is 4.11. The number of anilines is 2. The third-order valence-corrected chi connectivity index (χ3v) is 2.81. The average Bonchev–Trinajstić information content (AvgIpc) is 2.44. The van der Waals surface area contributed by atoms with Crippen molar-refractivity contribution in [3.05, 3.63) is 53.2 Å². The fourth-order valence-electron chi connectivity index (χ4n) is 1.46. The quantitative estimate of drug-likeness (QED) is 0.835. The molecular weight excluding hydrogens is 278 g/mol. The van der Waals surface area contributed by atoms with Crippen molar-refractivity contribution < 1.29 is 9.59 Å². The predicted molar refractivity (Wildman–Crippen MR) is 77.7 cm³/mol. The van der Waals surface area contributed by atoms with Crippen LogP contribution in [0.4, 0.5) is 11.5 Å². The molecule has 0 aliphatic heterocycles. The number of carbonyl (C=O) groups is 2. The summed E-state index contributed by atoms with van der Waals surface area (Å²) in [7, 11) is 0. The summed E-state index contributed by atoms with van der Waals surface area (Å²) >= 11 is 5.89. The number of rotatable bonds is 2. The molecule has 0 unspecified atom stereocenters. The number of nitrogens with one attached hydrogen (secondary N) is 2. The number of benzene rings is 1. The van der Waals surface area contributed by atoms with Gasteiger partial charge in [-0.25, -0.2) is 4.98 Å². The Hall–Kier alpha value is -2.40. The summed E-state index contributed by atoms with van der Waals surface area (Å²) in [6, 6.07) is 10.1. The summed E-state index contributed by atoms with van der Waals surface area (Å²) in [5.41, 5.74) is 1.34. The minimum atomic E-state index is -0.805. The van der Waals surface area contributed by atoms with E-state index >= 15 is 0 Å². The van der Waals surface area contributed by atoms with Gasteiger partial charge in [0.15, 0.2) is 0 Å². The molecule has 5 nitrogen and oxygen atoms in total.